The minimum absolute atomic E-state index is 0. The molecule has 4 heteroatoms. The second-order valence-corrected chi connectivity index (χ2v) is 6.55. The first-order chi connectivity index (χ1) is 7.43. The fourth-order valence-corrected chi connectivity index (χ4v) is 2.61. The van der Waals surface area contributed by atoms with Gasteiger partial charge < -0.3 is 10.6 Å². The van der Waals surface area contributed by atoms with Gasteiger partial charge in [-0.05, 0) is 36.6 Å². The van der Waals surface area contributed by atoms with Crippen LogP contribution in [0.15, 0.2) is 0 Å². The number of hydrogen-bond acceptors (Lipinski definition) is 2. The van der Waals surface area contributed by atoms with Crippen LogP contribution in [0.4, 0.5) is 0 Å². The van der Waals surface area contributed by atoms with Crippen LogP contribution in [0.1, 0.15) is 40.0 Å². The van der Waals surface area contributed by atoms with E-state index in [0.717, 1.165) is 26.1 Å². The minimum atomic E-state index is 0. The highest BCUT2D eigenvalue weighted by atomic mass is 35.5. The first-order valence-electron chi connectivity index (χ1n) is 6.41. The van der Waals surface area contributed by atoms with E-state index in [-0.39, 0.29) is 35.1 Å². The van der Waals surface area contributed by atoms with E-state index in [1.54, 1.807) is 0 Å². The fraction of sp³-hybridized carbons (Fsp3) is 0.923. The zero-order valence-corrected chi connectivity index (χ0v) is 12.0. The molecule has 0 radical (unpaired) electrons. The van der Waals surface area contributed by atoms with Gasteiger partial charge >= 0.3 is 0 Å². The second kappa shape index (κ2) is 5.15. The normalized spacial score (nSPS) is 34.6. The van der Waals surface area contributed by atoms with Gasteiger partial charge in [-0.2, -0.15) is 0 Å². The Hall–Kier alpha value is -0.280. The van der Waals surface area contributed by atoms with Gasteiger partial charge in [-0.15, -0.1) is 12.4 Å². The van der Waals surface area contributed by atoms with Crippen molar-refractivity contribution in [3.63, 3.8) is 0 Å². The average molecular weight is 261 g/mol. The van der Waals surface area contributed by atoms with Crippen LogP contribution < -0.4 is 10.6 Å². The molecular formula is C13H25ClN2O. The van der Waals surface area contributed by atoms with Crippen molar-refractivity contribution in [1.82, 2.24) is 10.6 Å². The van der Waals surface area contributed by atoms with E-state index in [1.165, 1.54) is 12.8 Å². The molecule has 0 aromatic rings. The maximum absolute atomic E-state index is 11.9. The molecule has 0 spiro atoms. The Labute approximate surface area is 111 Å². The molecule has 2 N–H and O–H groups in total. The third-order valence-electron chi connectivity index (χ3n) is 4.20. The summed E-state index contributed by atoms with van der Waals surface area (Å²) in [5, 5.41) is 6.54. The number of carbonyl (C=O) groups excluding carboxylic acids is 1. The van der Waals surface area contributed by atoms with Gasteiger partial charge in [0.1, 0.15) is 0 Å². The Morgan fingerprint density at radius 3 is 2.53 bits per heavy atom. The summed E-state index contributed by atoms with van der Waals surface area (Å²) in [6.07, 6.45) is 3.49. The van der Waals surface area contributed by atoms with Gasteiger partial charge in [-0.1, -0.05) is 20.8 Å². The van der Waals surface area contributed by atoms with E-state index in [0.29, 0.717) is 0 Å². The standard InChI is InChI=1S/C13H24N2O.ClH/c1-12(2)7-10(12)11(16)15-9-13(3)5-4-6-14-8-13;/h10,14H,4-9H2,1-3H3,(H,15,16);1H. The largest absolute Gasteiger partial charge is 0.355 e. The molecule has 1 saturated heterocycles. The number of hydrogen-bond donors (Lipinski definition) is 2. The molecule has 2 aliphatic rings. The number of piperidine rings is 1. The molecule has 100 valence electrons. The van der Waals surface area contributed by atoms with Gasteiger partial charge in [0.25, 0.3) is 0 Å². The number of amides is 1. The molecule has 0 aromatic carbocycles. The molecule has 2 fully saturated rings. The van der Waals surface area contributed by atoms with Gasteiger partial charge in [0.15, 0.2) is 0 Å². The summed E-state index contributed by atoms with van der Waals surface area (Å²) in [5.41, 5.74) is 0.503. The summed E-state index contributed by atoms with van der Waals surface area (Å²) >= 11 is 0. The van der Waals surface area contributed by atoms with Crippen molar-refractivity contribution in [3.05, 3.63) is 0 Å². The quantitative estimate of drug-likeness (QED) is 0.815. The minimum Gasteiger partial charge on any atom is -0.355 e. The molecule has 1 amide bonds. The van der Waals surface area contributed by atoms with Gasteiger partial charge in [-0.25, -0.2) is 0 Å². The molecule has 0 aromatic heterocycles. The van der Waals surface area contributed by atoms with Gasteiger partial charge in [0.2, 0.25) is 5.91 Å². The second-order valence-electron chi connectivity index (χ2n) is 6.55. The van der Waals surface area contributed by atoms with Crippen LogP contribution in [-0.2, 0) is 4.79 Å². The lowest BCUT2D eigenvalue weighted by Gasteiger charge is -2.34. The van der Waals surface area contributed by atoms with E-state index in [2.05, 4.69) is 31.4 Å². The van der Waals surface area contributed by atoms with Gasteiger partial charge in [0.05, 0.1) is 0 Å². The zero-order chi connectivity index (χ0) is 11.8. The molecule has 3 nitrogen and oxygen atoms in total. The van der Waals surface area contributed by atoms with Gasteiger partial charge in [-0.3, -0.25) is 4.79 Å². The number of rotatable bonds is 3. The molecule has 0 bridgehead atoms. The Kier molecular flexibility index (Phi) is 4.48. The molecule has 1 aliphatic carbocycles. The smallest absolute Gasteiger partial charge is 0.223 e. The first-order valence-corrected chi connectivity index (χ1v) is 6.41. The Balaban J connectivity index is 0.00000144. The summed E-state index contributed by atoms with van der Waals surface area (Å²) < 4.78 is 0. The van der Waals surface area contributed by atoms with Crippen molar-refractivity contribution in [3.8, 4) is 0 Å². The Bertz CT molecular complexity index is 285. The van der Waals surface area contributed by atoms with Crippen LogP contribution in [-0.4, -0.2) is 25.5 Å². The van der Waals surface area contributed by atoms with E-state index in [9.17, 15) is 4.79 Å². The third kappa shape index (κ3) is 3.59. The predicted molar refractivity (Wildman–Crippen MR) is 72.4 cm³/mol. The van der Waals surface area contributed by atoms with Crippen LogP contribution in [0.3, 0.4) is 0 Å². The molecule has 17 heavy (non-hydrogen) atoms. The van der Waals surface area contributed by atoms with Crippen molar-refractivity contribution < 1.29 is 4.79 Å². The Morgan fingerprint density at radius 1 is 1.41 bits per heavy atom. The van der Waals surface area contributed by atoms with Crippen molar-refractivity contribution in [2.24, 2.45) is 16.7 Å². The summed E-state index contributed by atoms with van der Waals surface area (Å²) in [6.45, 7) is 9.58. The topological polar surface area (TPSA) is 41.1 Å². The number of halogens is 1. The van der Waals surface area contributed by atoms with Crippen LogP contribution in [0.5, 0.6) is 0 Å². The first kappa shape index (κ1) is 14.8. The third-order valence-corrected chi connectivity index (χ3v) is 4.20. The monoisotopic (exact) mass is 260 g/mol. The molecule has 2 unspecified atom stereocenters. The van der Waals surface area contributed by atoms with E-state index < -0.39 is 0 Å². The molecule has 1 saturated carbocycles. The lowest BCUT2D eigenvalue weighted by atomic mass is 9.83. The number of nitrogens with one attached hydrogen (secondary N) is 2. The van der Waals surface area contributed by atoms with Gasteiger partial charge in [0, 0.05) is 19.0 Å². The van der Waals surface area contributed by atoms with Crippen LogP contribution in [0, 0.1) is 16.7 Å². The molecule has 1 aliphatic heterocycles. The lowest BCUT2D eigenvalue weighted by Crippen LogP contribution is -2.46. The highest BCUT2D eigenvalue weighted by Crippen LogP contribution is 2.51. The summed E-state index contributed by atoms with van der Waals surface area (Å²) in [7, 11) is 0. The average Bonchev–Trinajstić information content (AvgIpc) is 2.86. The highest BCUT2D eigenvalue weighted by molar-refractivity contribution is 5.85. The molecule has 2 atom stereocenters. The lowest BCUT2D eigenvalue weighted by molar-refractivity contribution is -0.123. The molecular weight excluding hydrogens is 236 g/mol. The summed E-state index contributed by atoms with van der Waals surface area (Å²) in [6, 6.07) is 0. The van der Waals surface area contributed by atoms with E-state index in [4.69, 9.17) is 0 Å². The summed E-state index contributed by atoms with van der Waals surface area (Å²) in [5.74, 6) is 0.518. The molecule has 2 rings (SSSR count). The van der Waals surface area contributed by atoms with Crippen LogP contribution in [0.25, 0.3) is 0 Å². The SMILES string of the molecule is CC1(CNC(=O)C2CC2(C)C)CCCNC1.Cl. The highest BCUT2D eigenvalue weighted by Gasteiger charge is 2.50. The van der Waals surface area contributed by atoms with Crippen molar-refractivity contribution in [2.45, 2.75) is 40.0 Å². The predicted octanol–water partition coefficient (Wildman–Crippen LogP) is 1.96. The van der Waals surface area contributed by atoms with Crippen LogP contribution in [0.2, 0.25) is 0 Å². The maximum Gasteiger partial charge on any atom is 0.223 e. The van der Waals surface area contributed by atoms with E-state index in [1.807, 2.05) is 0 Å². The summed E-state index contributed by atoms with van der Waals surface area (Å²) in [4.78, 5) is 11.9. The zero-order valence-electron chi connectivity index (χ0n) is 11.1. The Morgan fingerprint density at radius 2 is 2.06 bits per heavy atom. The van der Waals surface area contributed by atoms with Crippen molar-refractivity contribution >= 4 is 18.3 Å². The fourth-order valence-electron chi connectivity index (χ4n) is 2.61. The maximum atomic E-state index is 11.9. The number of carbonyl (C=O) groups is 1. The van der Waals surface area contributed by atoms with Crippen molar-refractivity contribution in [1.29, 1.82) is 0 Å². The van der Waals surface area contributed by atoms with Crippen LogP contribution >= 0.6 is 12.4 Å². The van der Waals surface area contributed by atoms with Crippen molar-refractivity contribution in [2.75, 3.05) is 19.6 Å². The van der Waals surface area contributed by atoms with E-state index >= 15 is 0 Å². The molecule has 1 heterocycles.